The van der Waals surface area contributed by atoms with Crippen LogP contribution in [0.15, 0.2) is 12.4 Å². The first-order valence-electron chi connectivity index (χ1n) is 4.68. The zero-order chi connectivity index (χ0) is 11.5. The fourth-order valence-corrected chi connectivity index (χ4v) is 0.961. The molecule has 1 aromatic rings. The SMILES string of the molecule is CC(C)(C)c1cnc(NCC(=O)O)nc1. The number of carboxylic acid groups (broad SMARTS) is 1. The Morgan fingerprint density at radius 1 is 1.40 bits per heavy atom. The van der Waals surface area contributed by atoms with Gasteiger partial charge in [-0.25, -0.2) is 9.97 Å². The summed E-state index contributed by atoms with van der Waals surface area (Å²) in [6.07, 6.45) is 3.41. The number of aliphatic carboxylic acids is 1. The van der Waals surface area contributed by atoms with Gasteiger partial charge in [0.15, 0.2) is 0 Å². The minimum absolute atomic E-state index is 0.00529. The first kappa shape index (κ1) is 11.4. The van der Waals surface area contributed by atoms with E-state index in [1.807, 2.05) is 0 Å². The van der Waals surface area contributed by atoms with Crippen molar-refractivity contribution in [3.63, 3.8) is 0 Å². The van der Waals surface area contributed by atoms with Crippen LogP contribution in [-0.4, -0.2) is 27.6 Å². The first-order valence-corrected chi connectivity index (χ1v) is 4.68. The summed E-state index contributed by atoms with van der Waals surface area (Å²) >= 11 is 0. The van der Waals surface area contributed by atoms with Gasteiger partial charge in [0.05, 0.1) is 0 Å². The first-order chi connectivity index (χ1) is 6.89. The third-order valence-electron chi connectivity index (χ3n) is 1.92. The van der Waals surface area contributed by atoms with Gasteiger partial charge in [0.1, 0.15) is 6.54 Å². The van der Waals surface area contributed by atoms with Gasteiger partial charge in [-0.05, 0) is 11.0 Å². The average molecular weight is 209 g/mol. The summed E-state index contributed by atoms with van der Waals surface area (Å²) < 4.78 is 0. The fourth-order valence-electron chi connectivity index (χ4n) is 0.961. The second-order valence-electron chi connectivity index (χ2n) is 4.29. The van der Waals surface area contributed by atoms with Crippen molar-refractivity contribution in [3.05, 3.63) is 18.0 Å². The molecule has 0 saturated carbocycles. The second-order valence-corrected chi connectivity index (χ2v) is 4.29. The highest BCUT2D eigenvalue weighted by atomic mass is 16.4. The molecule has 5 heteroatoms. The van der Waals surface area contributed by atoms with Crippen LogP contribution in [0, 0.1) is 0 Å². The van der Waals surface area contributed by atoms with Crippen molar-refractivity contribution in [2.45, 2.75) is 26.2 Å². The normalized spacial score (nSPS) is 11.1. The lowest BCUT2D eigenvalue weighted by atomic mass is 9.89. The summed E-state index contributed by atoms with van der Waals surface area (Å²) in [5.41, 5.74) is 1.02. The molecule has 0 bridgehead atoms. The van der Waals surface area contributed by atoms with Gasteiger partial charge in [0.25, 0.3) is 0 Å². The lowest BCUT2D eigenvalue weighted by Crippen LogP contribution is -2.16. The molecule has 0 aliphatic rings. The van der Waals surface area contributed by atoms with Crippen LogP contribution in [0.1, 0.15) is 26.3 Å². The van der Waals surface area contributed by atoms with Crippen LogP contribution in [0.3, 0.4) is 0 Å². The molecular weight excluding hydrogens is 194 g/mol. The maximum Gasteiger partial charge on any atom is 0.322 e. The molecule has 0 aliphatic carbocycles. The highest BCUT2D eigenvalue weighted by molar-refractivity contribution is 5.71. The molecule has 1 heterocycles. The summed E-state index contributed by atoms with van der Waals surface area (Å²) in [7, 11) is 0. The molecule has 0 aromatic carbocycles. The highest BCUT2D eigenvalue weighted by Gasteiger charge is 2.14. The molecule has 0 aliphatic heterocycles. The minimum Gasteiger partial charge on any atom is -0.480 e. The highest BCUT2D eigenvalue weighted by Crippen LogP contribution is 2.20. The zero-order valence-corrected chi connectivity index (χ0v) is 9.11. The quantitative estimate of drug-likeness (QED) is 0.784. The summed E-state index contributed by atoms with van der Waals surface area (Å²) in [6.45, 7) is 6.02. The van der Waals surface area contributed by atoms with Crippen molar-refractivity contribution in [2.24, 2.45) is 0 Å². The van der Waals surface area contributed by atoms with Crippen LogP contribution < -0.4 is 5.32 Å². The number of carbonyl (C=O) groups is 1. The Balaban J connectivity index is 2.69. The van der Waals surface area contributed by atoms with Crippen LogP contribution in [0.5, 0.6) is 0 Å². The standard InChI is InChI=1S/C10H15N3O2/c1-10(2,3)7-4-11-9(12-5-7)13-6-8(14)15/h4-5H,6H2,1-3H3,(H,14,15)(H,11,12,13). The topological polar surface area (TPSA) is 75.1 Å². The Bertz CT molecular complexity index is 341. The fraction of sp³-hybridized carbons (Fsp3) is 0.500. The molecule has 1 aromatic heterocycles. The van der Waals surface area contributed by atoms with E-state index in [1.54, 1.807) is 12.4 Å². The Morgan fingerprint density at radius 2 is 1.93 bits per heavy atom. The molecule has 0 spiro atoms. The van der Waals surface area contributed by atoms with Gasteiger partial charge in [-0.2, -0.15) is 0 Å². The number of rotatable bonds is 3. The van der Waals surface area contributed by atoms with Crippen LogP contribution in [-0.2, 0) is 10.2 Å². The van der Waals surface area contributed by atoms with Crippen molar-refractivity contribution >= 4 is 11.9 Å². The summed E-state index contributed by atoms with van der Waals surface area (Å²) in [4.78, 5) is 18.3. The van der Waals surface area contributed by atoms with E-state index in [0.717, 1.165) is 5.56 Å². The summed E-state index contributed by atoms with van der Waals surface area (Å²) in [6, 6.07) is 0. The summed E-state index contributed by atoms with van der Waals surface area (Å²) in [5, 5.41) is 11.0. The van der Waals surface area contributed by atoms with Crippen molar-refractivity contribution in [2.75, 3.05) is 11.9 Å². The van der Waals surface area contributed by atoms with Gasteiger partial charge < -0.3 is 10.4 Å². The lowest BCUT2D eigenvalue weighted by Gasteiger charge is -2.17. The Labute approximate surface area is 88.6 Å². The molecule has 1 rings (SSSR count). The van der Waals surface area contributed by atoms with Crippen LogP contribution in [0.2, 0.25) is 0 Å². The molecule has 0 atom stereocenters. The van der Waals surface area contributed by atoms with Crippen molar-refractivity contribution in [1.82, 2.24) is 9.97 Å². The number of nitrogens with zero attached hydrogens (tertiary/aromatic N) is 2. The van der Waals surface area contributed by atoms with Crippen molar-refractivity contribution in [3.8, 4) is 0 Å². The van der Waals surface area contributed by atoms with Gasteiger partial charge >= 0.3 is 5.97 Å². The van der Waals surface area contributed by atoms with Gasteiger partial charge in [-0.1, -0.05) is 20.8 Å². The zero-order valence-electron chi connectivity index (χ0n) is 9.11. The average Bonchev–Trinajstić information content (AvgIpc) is 2.14. The van der Waals surface area contributed by atoms with Gasteiger partial charge in [0, 0.05) is 12.4 Å². The maximum absolute atomic E-state index is 10.3. The monoisotopic (exact) mass is 209 g/mol. The van der Waals surface area contributed by atoms with Crippen LogP contribution in [0.25, 0.3) is 0 Å². The second kappa shape index (κ2) is 4.25. The third-order valence-corrected chi connectivity index (χ3v) is 1.92. The Hall–Kier alpha value is -1.65. The number of nitrogens with one attached hydrogen (secondary N) is 1. The van der Waals surface area contributed by atoms with Gasteiger partial charge in [-0.3, -0.25) is 4.79 Å². The molecule has 0 radical (unpaired) electrons. The molecule has 0 unspecified atom stereocenters. The Morgan fingerprint density at radius 3 is 2.33 bits per heavy atom. The van der Waals surface area contributed by atoms with E-state index in [1.165, 1.54) is 0 Å². The van der Waals surface area contributed by atoms with E-state index in [-0.39, 0.29) is 12.0 Å². The van der Waals surface area contributed by atoms with E-state index in [9.17, 15) is 4.79 Å². The molecule has 0 fully saturated rings. The van der Waals surface area contributed by atoms with E-state index in [0.29, 0.717) is 5.95 Å². The molecule has 15 heavy (non-hydrogen) atoms. The maximum atomic E-state index is 10.3. The predicted molar refractivity (Wildman–Crippen MR) is 56.9 cm³/mol. The van der Waals surface area contributed by atoms with Gasteiger partial charge in [-0.15, -0.1) is 0 Å². The number of aromatic nitrogens is 2. The minimum atomic E-state index is -0.932. The number of hydrogen-bond donors (Lipinski definition) is 2. The van der Waals surface area contributed by atoms with E-state index in [2.05, 4.69) is 36.1 Å². The molecular formula is C10H15N3O2. The molecule has 5 nitrogen and oxygen atoms in total. The largest absolute Gasteiger partial charge is 0.480 e. The predicted octanol–water partition coefficient (Wildman–Crippen LogP) is 1.27. The number of anilines is 1. The smallest absolute Gasteiger partial charge is 0.322 e. The number of hydrogen-bond acceptors (Lipinski definition) is 4. The van der Waals surface area contributed by atoms with Crippen molar-refractivity contribution in [1.29, 1.82) is 0 Å². The van der Waals surface area contributed by atoms with Crippen LogP contribution in [0.4, 0.5) is 5.95 Å². The molecule has 0 saturated heterocycles. The molecule has 0 amide bonds. The number of carboxylic acids is 1. The van der Waals surface area contributed by atoms with Gasteiger partial charge in [0.2, 0.25) is 5.95 Å². The van der Waals surface area contributed by atoms with E-state index < -0.39 is 5.97 Å². The van der Waals surface area contributed by atoms with E-state index in [4.69, 9.17) is 5.11 Å². The lowest BCUT2D eigenvalue weighted by molar-refractivity contribution is -0.134. The molecule has 2 N–H and O–H groups in total. The summed E-state index contributed by atoms with van der Waals surface area (Å²) in [5.74, 6) is -0.594. The van der Waals surface area contributed by atoms with E-state index >= 15 is 0 Å². The Kier molecular flexibility index (Phi) is 3.24. The van der Waals surface area contributed by atoms with Crippen LogP contribution >= 0.6 is 0 Å². The molecule has 82 valence electrons. The van der Waals surface area contributed by atoms with Crippen molar-refractivity contribution < 1.29 is 9.90 Å². The third kappa shape index (κ3) is 3.53.